The van der Waals surface area contributed by atoms with Gasteiger partial charge in [0.1, 0.15) is 0 Å². The Bertz CT molecular complexity index is 1290. The summed E-state index contributed by atoms with van der Waals surface area (Å²) in [5, 5.41) is 7.94. The molecule has 0 aliphatic rings. The highest BCUT2D eigenvalue weighted by Crippen LogP contribution is 2.37. The zero-order chi connectivity index (χ0) is 18.9. The Morgan fingerprint density at radius 1 is 0.571 bits per heavy atom. The molecular weight excluding hydrogens is 336 g/mol. The van der Waals surface area contributed by atoms with Gasteiger partial charge in [-0.05, 0) is 74.0 Å². The van der Waals surface area contributed by atoms with E-state index in [2.05, 4.69) is 97.9 Å². The third-order valence-electron chi connectivity index (χ3n) is 5.83. The Hall–Kier alpha value is -3.12. The molecule has 0 saturated heterocycles. The van der Waals surface area contributed by atoms with Crippen molar-refractivity contribution < 1.29 is 0 Å². The maximum atomic E-state index is 2.37. The summed E-state index contributed by atoms with van der Waals surface area (Å²) in [7, 11) is 0. The molecule has 136 valence electrons. The lowest BCUT2D eigenvalue weighted by Crippen LogP contribution is -1.92. The van der Waals surface area contributed by atoms with Gasteiger partial charge in [0.15, 0.2) is 0 Å². The van der Waals surface area contributed by atoms with Crippen LogP contribution in [0.15, 0.2) is 91.0 Å². The summed E-state index contributed by atoms with van der Waals surface area (Å²) < 4.78 is 0. The number of rotatable bonds is 4. The molecule has 0 amide bonds. The van der Waals surface area contributed by atoms with Crippen molar-refractivity contribution in [1.82, 2.24) is 0 Å². The van der Waals surface area contributed by atoms with Crippen molar-refractivity contribution >= 4 is 32.3 Å². The van der Waals surface area contributed by atoms with Crippen LogP contribution in [0.4, 0.5) is 0 Å². The first-order valence-electron chi connectivity index (χ1n) is 10.3. The largest absolute Gasteiger partial charge is 0.0654 e. The average Bonchev–Trinajstić information content (AvgIpc) is 2.76. The van der Waals surface area contributed by atoms with Gasteiger partial charge in [0.25, 0.3) is 0 Å². The second kappa shape index (κ2) is 7.13. The topological polar surface area (TPSA) is 0 Å². The zero-order valence-corrected chi connectivity index (χ0v) is 16.3. The molecule has 5 rings (SSSR count). The first-order chi connectivity index (χ1) is 13.8. The smallest absolute Gasteiger partial charge is 0.00265 e. The van der Waals surface area contributed by atoms with E-state index < -0.39 is 0 Å². The molecule has 0 aliphatic heterocycles. The van der Waals surface area contributed by atoms with Crippen LogP contribution < -0.4 is 0 Å². The molecule has 0 fully saturated rings. The second-order valence-electron chi connectivity index (χ2n) is 7.65. The van der Waals surface area contributed by atoms with E-state index in [0.29, 0.717) is 0 Å². The average molecular weight is 361 g/mol. The summed E-state index contributed by atoms with van der Waals surface area (Å²) in [5.41, 5.74) is 4.18. The van der Waals surface area contributed by atoms with E-state index in [1.165, 1.54) is 61.8 Å². The van der Waals surface area contributed by atoms with Gasteiger partial charge in [-0.2, -0.15) is 0 Å². The fraction of sp³-hybridized carbons (Fsp3) is 0.143. The molecule has 0 heterocycles. The summed E-state index contributed by atoms with van der Waals surface area (Å²) in [6.45, 7) is 2.26. The molecule has 28 heavy (non-hydrogen) atoms. The van der Waals surface area contributed by atoms with Crippen molar-refractivity contribution in [2.24, 2.45) is 0 Å². The fourth-order valence-corrected chi connectivity index (χ4v) is 4.39. The Labute approximate surface area is 166 Å². The zero-order valence-electron chi connectivity index (χ0n) is 16.3. The van der Waals surface area contributed by atoms with Crippen molar-refractivity contribution in [2.45, 2.75) is 26.2 Å². The van der Waals surface area contributed by atoms with E-state index in [0.717, 1.165) is 6.42 Å². The molecule has 0 N–H and O–H groups in total. The van der Waals surface area contributed by atoms with E-state index in [-0.39, 0.29) is 0 Å². The minimum Gasteiger partial charge on any atom is -0.0654 e. The molecule has 0 heteroatoms. The number of hydrogen-bond donors (Lipinski definition) is 0. The lowest BCUT2D eigenvalue weighted by Gasteiger charge is -2.14. The molecule has 5 aromatic carbocycles. The molecule has 0 saturated carbocycles. The molecule has 0 nitrogen and oxygen atoms in total. The highest BCUT2D eigenvalue weighted by Gasteiger charge is 2.11. The lowest BCUT2D eigenvalue weighted by molar-refractivity contribution is 0.796. The quantitative estimate of drug-likeness (QED) is 0.224. The van der Waals surface area contributed by atoms with Crippen LogP contribution in [0.2, 0.25) is 0 Å². The molecule has 0 spiro atoms. The van der Waals surface area contributed by atoms with Gasteiger partial charge in [-0.1, -0.05) is 92.2 Å². The van der Waals surface area contributed by atoms with Crippen molar-refractivity contribution in [2.75, 3.05) is 0 Å². The van der Waals surface area contributed by atoms with Crippen LogP contribution in [0, 0.1) is 0 Å². The number of benzene rings is 5. The molecule has 0 bridgehead atoms. The van der Waals surface area contributed by atoms with E-state index in [4.69, 9.17) is 0 Å². The predicted octanol–water partition coefficient (Wildman–Crippen LogP) is 8.16. The first-order valence-corrected chi connectivity index (χ1v) is 10.3. The van der Waals surface area contributed by atoms with Gasteiger partial charge in [-0.15, -0.1) is 0 Å². The van der Waals surface area contributed by atoms with Gasteiger partial charge >= 0.3 is 0 Å². The monoisotopic (exact) mass is 360 g/mol. The van der Waals surface area contributed by atoms with Crippen LogP contribution in [-0.2, 0) is 6.42 Å². The molecular formula is C28H24. The Morgan fingerprint density at radius 3 is 2.11 bits per heavy atom. The normalized spacial score (nSPS) is 11.5. The predicted molar refractivity (Wildman–Crippen MR) is 123 cm³/mol. The number of unbranched alkanes of at least 4 members (excludes halogenated alkanes) is 1. The van der Waals surface area contributed by atoms with Crippen molar-refractivity contribution in [3.05, 3.63) is 96.6 Å². The summed E-state index contributed by atoms with van der Waals surface area (Å²) in [5.74, 6) is 0. The minimum atomic E-state index is 1.14. The highest BCUT2D eigenvalue weighted by molar-refractivity contribution is 6.17. The third-order valence-corrected chi connectivity index (χ3v) is 5.83. The van der Waals surface area contributed by atoms with E-state index in [9.17, 15) is 0 Å². The Kier molecular flexibility index (Phi) is 4.33. The van der Waals surface area contributed by atoms with Crippen molar-refractivity contribution in [3.63, 3.8) is 0 Å². The van der Waals surface area contributed by atoms with Gasteiger partial charge in [0.2, 0.25) is 0 Å². The van der Waals surface area contributed by atoms with Gasteiger partial charge < -0.3 is 0 Å². The van der Waals surface area contributed by atoms with Crippen LogP contribution in [-0.4, -0.2) is 0 Å². The number of hydrogen-bond acceptors (Lipinski definition) is 0. The van der Waals surface area contributed by atoms with Crippen LogP contribution in [0.1, 0.15) is 25.3 Å². The molecule has 0 unspecified atom stereocenters. The standard InChI is InChI=1S/C28H24/c1-2-3-9-20-10-6-7-14-25(20)26-15-8-13-21-16-17-24-18-22-11-4-5-12-23(22)19-27(24)28(21)26/h4-8,10-19H,2-3,9H2,1H3. The minimum absolute atomic E-state index is 1.14. The van der Waals surface area contributed by atoms with E-state index in [1.807, 2.05) is 0 Å². The first kappa shape index (κ1) is 17.0. The Morgan fingerprint density at radius 2 is 1.25 bits per heavy atom. The summed E-state index contributed by atoms with van der Waals surface area (Å²) in [6.07, 6.45) is 3.59. The summed E-state index contributed by atoms with van der Waals surface area (Å²) in [4.78, 5) is 0. The lowest BCUT2D eigenvalue weighted by atomic mass is 9.89. The van der Waals surface area contributed by atoms with Gasteiger partial charge in [0.05, 0.1) is 0 Å². The van der Waals surface area contributed by atoms with E-state index >= 15 is 0 Å². The van der Waals surface area contributed by atoms with Crippen LogP contribution in [0.25, 0.3) is 43.4 Å². The SMILES string of the molecule is CCCCc1ccccc1-c1cccc2ccc3cc4ccccc4cc3c12. The maximum Gasteiger partial charge on any atom is -0.00265 e. The maximum absolute atomic E-state index is 2.37. The van der Waals surface area contributed by atoms with Gasteiger partial charge in [-0.3, -0.25) is 0 Å². The summed E-state index contributed by atoms with van der Waals surface area (Å²) >= 11 is 0. The fourth-order valence-electron chi connectivity index (χ4n) is 4.39. The third kappa shape index (κ3) is 2.86. The molecule has 0 aromatic heterocycles. The van der Waals surface area contributed by atoms with Crippen molar-refractivity contribution in [1.29, 1.82) is 0 Å². The van der Waals surface area contributed by atoms with Crippen LogP contribution >= 0.6 is 0 Å². The molecule has 0 aliphatic carbocycles. The highest BCUT2D eigenvalue weighted by atomic mass is 14.1. The van der Waals surface area contributed by atoms with E-state index in [1.54, 1.807) is 0 Å². The molecule has 0 radical (unpaired) electrons. The van der Waals surface area contributed by atoms with Gasteiger partial charge in [-0.25, -0.2) is 0 Å². The van der Waals surface area contributed by atoms with Crippen LogP contribution in [0.3, 0.4) is 0 Å². The molecule has 0 atom stereocenters. The molecule has 5 aromatic rings. The van der Waals surface area contributed by atoms with Crippen molar-refractivity contribution in [3.8, 4) is 11.1 Å². The Balaban J connectivity index is 1.85. The van der Waals surface area contributed by atoms with Gasteiger partial charge in [0, 0.05) is 0 Å². The number of fused-ring (bicyclic) bond motifs is 4. The van der Waals surface area contributed by atoms with Crippen LogP contribution in [0.5, 0.6) is 0 Å². The summed E-state index contributed by atoms with van der Waals surface area (Å²) in [6, 6.07) is 33.5. The second-order valence-corrected chi connectivity index (χ2v) is 7.65. The number of aryl methyl sites for hydroxylation is 1.